The number of aliphatic carboxylic acids is 1. The molecule has 0 unspecified atom stereocenters. The molecule has 104 valence electrons. The summed E-state index contributed by atoms with van der Waals surface area (Å²) in [5, 5.41) is 12.2. The number of amides is 1. The van der Waals surface area contributed by atoms with Gasteiger partial charge in [-0.3, -0.25) is 9.59 Å². The Bertz CT molecular complexity index is 328. The van der Waals surface area contributed by atoms with Gasteiger partial charge in [0.1, 0.15) is 0 Å². The molecular weight excluding hydrogens is 230 g/mol. The quantitative estimate of drug-likeness (QED) is 0.811. The molecule has 0 spiro atoms. The fraction of sp³-hybridized carbons (Fsp3) is 0.857. The zero-order chi connectivity index (χ0) is 14.0. The molecule has 0 aliphatic heterocycles. The van der Waals surface area contributed by atoms with Crippen LogP contribution >= 0.6 is 0 Å². The van der Waals surface area contributed by atoms with Gasteiger partial charge in [-0.2, -0.15) is 0 Å². The van der Waals surface area contributed by atoms with Crippen LogP contribution < -0.4 is 5.32 Å². The molecule has 1 saturated carbocycles. The third-order valence-electron chi connectivity index (χ3n) is 4.51. The van der Waals surface area contributed by atoms with Gasteiger partial charge in [-0.1, -0.05) is 19.3 Å². The Morgan fingerprint density at radius 3 is 2.00 bits per heavy atom. The molecule has 0 heterocycles. The Balaban J connectivity index is 2.70. The van der Waals surface area contributed by atoms with Crippen LogP contribution in [-0.2, 0) is 9.59 Å². The van der Waals surface area contributed by atoms with E-state index >= 15 is 0 Å². The smallest absolute Gasteiger partial charge is 0.311 e. The minimum atomic E-state index is -0.989. The monoisotopic (exact) mass is 255 g/mol. The van der Waals surface area contributed by atoms with E-state index in [1.165, 1.54) is 6.42 Å². The Morgan fingerprint density at radius 2 is 1.56 bits per heavy atom. The maximum Gasteiger partial charge on any atom is 0.311 e. The number of carboxylic acid groups (broad SMARTS) is 1. The largest absolute Gasteiger partial charge is 0.481 e. The highest BCUT2D eigenvalue weighted by Gasteiger charge is 2.45. The van der Waals surface area contributed by atoms with Gasteiger partial charge in [0.2, 0.25) is 5.91 Å². The Kier molecular flexibility index (Phi) is 4.41. The minimum absolute atomic E-state index is 0.00836. The average Bonchev–Trinajstić information content (AvgIpc) is 2.29. The molecule has 0 aromatic carbocycles. The van der Waals surface area contributed by atoms with Crippen LogP contribution in [0.4, 0.5) is 0 Å². The molecule has 0 radical (unpaired) electrons. The molecule has 0 bridgehead atoms. The van der Waals surface area contributed by atoms with Crippen molar-refractivity contribution in [3.05, 3.63) is 0 Å². The Morgan fingerprint density at radius 1 is 1.06 bits per heavy atom. The lowest BCUT2D eigenvalue weighted by Crippen LogP contribution is -2.58. The summed E-state index contributed by atoms with van der Waals surface area (Å²) in [6.07, 6.45) is 5.25. The third kappa shape index (κ3) is 3.03. The number of hydrogen-bond donors (Lipinski definition) is 2. The van der Waals surface area contributed by atoms with Gasteiger partial charge in [-0.15, -0.1) is 0 Å². The van der Waals surface area contributed by atoms with Gasteiger partial charge in [0, 0.05) is 11.5 Å². The Labute approximate surface area is 109 Å². The van der Waals surface area contributed by atoms with Crippen molar-refractivity contribution >= 4 is 11.9 Å². The second-order valence-electron chi connectivity index (χ2n) is 6.38. The first kappa shape index (κ1) is 15.0. The van der Waals surface area contributed by atoms with E-state index < -0.39 is 16.9 Å². The van der Waals surface area contributed by atoms with Gasteiger partial charge in [0.15, 0.2) is 0 Å². The van der Waals surface area contributed by atoms with Crippen molar-refractivity contribution in [3.8, 4) is 0 Å². The summed E-state index contributed by atoms with van der Waals surface area (Å²) in [7, 11) is 0. The average molecular weight is 255 g/mol. The molecule has 18 heavy (non-hydrogen) atoms. The van der Waals surface area contributed by atoms with Crippen molar-refractivity contribution in [1.29, 1.82) is 0 Å². The summed E-state index contributed by atoms with van der Waals surface area (Å²) >= 11 is 0. The zero-order valence-corrected chi connectivity index (χ0v) is 11.9. The van der Waals surface area contributed by atoms with E-state index in [0.717, 1.165) is 25.7 Å². The van der Waals surface area contributed by atoms with Crippen molar-refractivity contribution in [3.63, 3.8) is 0 Å². The highest BCUT2D eigenvalue weighted by Crippen LogP contribution is 2.32. The first-order valence-electron chi connectivity index (χ1n) is 6.74. The van der Waals surface area contributed by atoms with E-state index in [-0.39, 0.29) is 11.8 Å². The van der Waals surface area contributed by atoms with Crippen molar-refractivity contribution in [1.82, 2.24) is 5.32 Å². The molecule has 1 rings (SSSR count). The van der Waals surface area contributed by atoms with E-state index in [1.807, 2.05) is 0 Å². The van der Waals surface area contributed by atoms with Gasteiger partial charge >= 0.3 is 5.97 Å². The van der Waals surface area contributed by atoms with Crippen LogP contribution in [0.5, 0.6) is 0 Å². The van der Waals surface area contributed by atoms with Crippen LogP contribution in [0.3, 0.4) is 0 Å². The van der Waals surface area contributed by atoms with Gasteiger partial charge < -0.3 is 10.4 Å². The van der Waals surface area contributed by atoms with E-state index in [9.17, 15) is 14.7 Å². The Hall–Kier alpha value is -1.06. The number of carboxylic acids is 1. The maximum atomic E-state index is 12.2. The first-order chi connectivity index (χ1) is 8.18. The number of carbonyl (C=O) groups excluding carboxylic acids is 1. The molecule has 0 atom stereocenters. The third-order valence-corrected chi connectivity index (χ3v) is 4.51. The van der Waals surface area contributed by atoms with Crippen LogP contribution in [0.1, 0.15) is 59.8 Å². The van der Waals surface area contributed by atoms with E-state index in [1.54, 1.807) is 27.7 Å². The van der Waals surface area contributed by atoms with Gasteiger partial charge in [0.05, 0.1) is 5.41 Å². The standard InChI is InChI=1S/C14H25NO3/c1-13(2,12(17)18)14(3,4)15-11(16)10-8-6-5-7-9-10/h10H,5-9H2,1-4H3,(H,15,16)(H,17,18). The molecule has 0 aromatic rings. The molecule has 1 aliphatic carbocycles. The minimum Gasteiger partial charge on any atom is -0.481 e. The van der Waals surface area contributed by atoms with Crippen molar-refractivity contribution in [2.75, 3.05) is 0 Å². The fourth-order valence-electron chi connectivity index (χ4n) is 2.20. The number of carbonyl (C=O) groups is 2. The fourth-order valence-corrected chi connectivity index (χ4v) is 2.20. The molecule has 4 heteroatoms. The van der Waals surface area contributed by atoms with Crippen LogP contribution in [-0.4, -0.2) is 22.5 Å². The predicted octanol–water partition coefficient (Wildman–Crippen LogP) is 2.57. The molecule has 1 aliphatic rings. The second kappa shape index (κ2) is 5.29. The van der Waals surface area contributed by atoms with Gasteiger partial charge in [-0.25, -0.2) is 0 Å². The molecule has 0 saturated heterocycles. The summed E-state index contributed by atoms with van der Waals surface area (Å²) < 4.78 is 0. The van der Waals surface area contributed by atoms with Crippen LogP contribution in [0.15, 0.2) is 0 Å². The topological polar surface area (TPSA) is 66.4 Å². The lowest BCUT2D eigenvalue weighted by molar-refractivity contribution is -0.152. The van der Waals surface area contributed by atoms with Crippen LogP contribution in [0, 0.1) is 11.3 Å². The van der Waals surface area contributed by atoms with E-state index in [4.69, 9.17) is 0 Å². The lowest BCUT2D eigenvalue weighted by Gasteiger charge is -2.40. The first-order valence-corrected chi connectivity index (χ1v) is 6.74. The molecule has 0 aromatic heterocycles. The van der Waals surface area contributed by atoms with Crippen molar-refractivity contribution < 1.29 is 14.7 Å². The van der Waals surface area contributed by atoms with Crippen molar-refractivity contribution in [2.45, 2.75) is 65.3 Å². The lowest BCUT2D eigenvalue weighted by atomic mass is 9.74. The summed E-state index contributed by atoms with van der Waals surface area (Å²) in [5.41, 5.74) is -1.75. The molecule has 2 N–H and O–H groups in total. The molecule has 4 nitrogen and oxygen atoms in total. The normalized spacial score (nSPS) is 18.4. The van der Waals surface area contributed by atoms with E-state index in [2.05, 4.69) is 5.32 Å². The summed E-state index contributed by atoms with van der Waals surface area (Å²) in [6, 6.07) is 0. The SMILES string of the molecule is CC(C)(NC(=O)C1CCCCC1)C(C)(C)C(=O)O. The maximum absolute atomic E-state index is 12.2. The van der Waals surface area contributed by atoms with Crippen molar-refractivity contribution in [2.24, 2.45) is 11.3 Å². The zero-order valence-electron chi connectivity index (χ0n) is 11.9. The molecule has 1 amide bonds. The predicted molar refractivity (Wildman–Crippen MR) is 70.2 cm³/mol. The number of hydrogen-bond acceptors (Lipinski definition) is 2. The molecule has 1 fully saturated rings. The summed E-state index contributed by atoms with van der Waals surface area (Å²) in [6.45, 7) is 6.86. The number of nitrogens with one attached hydrogen (secondary N) is 1. The van der Waals surface area contributed by atoms with Crippen LogP contribution in [0.25, 0.3) is 0 Å². The second-order valence-corrected chi connectivity index (χ2v) is 6.38. The number of rotatable bonds is 4. The van der Waals surface area contributed by atoms with Crippen LogP contribution in [0.2, 0.25) is 0 Å². The van der Waals surface area contributed by atoms with Gasteiger partial charge in [0.25, 0.3) is 0 Å². The van der Waals surface area contributed by atoms with E-state index in [0.29, 0.717) is 0 Å². The molecular formula is C14H25NO3. The summed E-state index contributed by atoms with van der Waals surface area (Å²) in [5.74, 6) is -0.826. The van der Waals surface area contributed by atoms with Gasteiger partial charge in [-0.05, 0) is 40.5 Å². The highest BCUT2D eigenvalue weighted by molar-refractivity contribution is 5.82. The summed E-state index contributed by atoms with van der Waals surface area (Å²) in [4.78, 5) is 23.5. The highest BCUT2D eigenvalue weighted by atomic mass is 16.4.